The molecule has 0 radical (unpaired) electrons. The van der Waals surface area contributed by atoms with E-state index in [4.69, 9.17) is 5.73 Å². The molecule has 1 aliphatic rings. The Balaban J connectivity index is 2.15. The highest BCUT2D eigenvalue weighted by molar-refractivity contribution is 6.00. The maximum absolute atomic E-state index is 12.3. The first-order chi connectivity index (χ1) is 10.8. The monoisotopic (exact) mass is 320 g/mol. The quantitative estimate of drug-likeness (QED) is 0.364. The number of likely N-dealkylation sites (N-methyl/N-ethyl adjacent to an activating group) is 1. The topological polar surface area (TPSA) is 128 Å². The van der Waals surface area contributed by atoms with Crippen LogP contribution in [0.4, 0.5) is 11.4 Å². The Morgan fingerprint density at radius 1 is 1.48 bits per heavy atom. The molecule has 9 nitrogen and oxygen atoms in total. The van der Waals surface area contributed by atoms with E-state index in [9.17, 15) is 19.7 Å². The number of benzene rings is 1. The Morgan fingerprint density at radius 3 is 2.74 bits per heavy atom. The molecule has 3 N–H and O–H groups in total. The Bertz CT molecular complexity index is 700. The number of hydrogen-bond donors (Lipinski definition) is 2. The Morgan fingerprint density at radius 2 is 2.17 bits per heavy atom. The van der Waals surface area contributed by atoms with Crippen LogP contribution < -0.4 is 11.1 Å². The van der Waals surface area contributed by atoms with Gasteiger partial charge in [0.05, 0.1) is 41.6 Å². The second-order valence-electron chi connectivity index (χ2n) is 5.05. The van der Waals surface area contributed by atoms with Crippen LogP contribution in [-0.4, -0.2) is 41.9 Å². The van der Waals surface area contributed by atoms with E-state index in [1.54, 1.807) is 7.05 Å². The maximum Gasteiger partial charge on any atom is 0.337 e. The number of nitro groups is 1. The summed E-state index contributed by atoms with van der Waals surface area (Å²) in [6.45, 7) is 0. The summed E-state index contributed by atoms with van der Waals surface area (Å²) in [6.07, 6.45) is 1.31. The average Bonchev–Trinajstić information content (AvgIpc) is 2.91. The smallest absolute Gasteiger partial charge is 0.337 e. The molecule has 0 spiro atoms. The molecule has 1 amide bonds. The van der Waals surface area contributed by atoms with Crippen molar-refractivity contribution in [2.24, 2.45) is 0 Å². The van der Waals surface area contributed by atoms with Gasteiger partial charge < -0.3 is 20.7 Å². The third-order valence-electron chi connectivity index (χ3n) is 3.52. The summed E-state index contributed by atoms with van der Waals surface area (Å²) in [5, 5.41) is 13.4. The van der Waals surface area contributed by atoms with Crippen LogP contribution in [0.5, 0.6) is 0 Å². The molecule has 0 saturated carbocycles. The van der Waals surface area contributed by atoms with Crippen molar-refractivity contribution in [1.29, 1.82) is 0 Å². The lowest BCUT2D eigenvalue weighted by atomic mass is 10.1. The van der Waals surface area contributed by atoms with E-state index in [1.807, 2.05) is 0 Å². The van der Waals surface area contributed by atoms with Crippen molar-refractivity contribution in [2.45, 2.75) is 12.5 Å². The van der Waals surface area contributed by atoms with Crippen molar-refractivity contribution in [1.82, 2.24) is 4.90 Å². The van der Waals surface area contributed by atoms with Crippen molar-refractivity contribution >= 4 is 23.3 Å². The van der Waals surface area contributed by atoms with E-state index in [-0.39, 0.29) is 29.1 Å². The molecule has 1 unspecified atom stereocenters. The Kier molecular flexibility index (Phi) is 4.49. The average molecular weight is 320 g/mol. The van der Waals surface area contributed by atoms with E-state index in [0.29, 0.717) is 0 Å². The number of nitrogen functional groups attached to an aromatic ring is 1. The van der Waals surface area contributed by atoms with Gasteiger partial charge in [0.2, 0.25) is 5.91 Å². The van der Waals surface area contributed by atoms with Crippen molar-refractivity contribution in [3.8, 4) is 0 Å². The molecule has 2 rings (SSSR count). The van der Waals surface area contributed by atoms with Crippen LogP contribution in [-0.2, 0) is 9.53 Å². The zero-order valence-electron chi connectivity index (χ0n) is 12.6. The number of esters is 1. The third kappa shape index (κ3) is 3.39. The largest absolute Gasteiger partial charge is 0.465 e. The molecule has 23 heavy (non-hydrogen) atoms. The van der Waals surface area contributed by atoms with Crippen LogP contribution >= 0.6 is 0 Å². The molecule has 1 heterocycles. The number of anilines is 2. The summed E-state index contributed by atoms with van der Waals surface area (Å²) in [6, 6.07) is 3.64. The molecule has 122 valence electrons. The molecule has 1 aromatic carbocycles. The molecule has 0 aliphatic carbocycles. The highest BCUT2D eigenvalue weighted by Gasteiger charge is 2.34. The van der Waals surface area contributed by atoms with Crippen LogP contribution in [0.25, 0.3) is 0 Å². The molecular formula is C14H16N4O5. The molecule has 0 saturated heterocycles. The summed E-state index contributed by atoms with van der Waals surface area (Å²) in [5.74, 6) is -1.01. The number of methoxy groups -OCH3 is 1. The number of hydrogen-bond acceptors (Lipinski definition) is 7. The van der Waals surface area contributed by atoms with Gasteiger partial charge in [0.25, 0.3) is 5.70 Å². The lowest BCUT2D eigenvalue weighted by molar-refractivity contribution is -0.427. The zero-order valence-corrected chi connectivity index (χ0v) is 12.6. The molecule has 1 atom stereocenters. The van der Waals surface area contributed by atoms with Gasteiger partial charge in [0.15, 0.2) is 0 Å². The fraction of sp³-hybridized carbons (Fsp3) is 0.286. The second-order valence-corrected chi connectivity index (χ2v) is 5.05. The van der Waals surface area contributed by atoms with Gasteiger partial charge in [-0.05, 0) is 18.2 Å². The Labute approximate surface area is 131 Å². The third-order valence-corrected chi connectivity index (χ3v) is 3.52. The fourth-order valence-corrected chi connectivity index (χ4v) is 2.24. The van der Waals surface area contributed by atoms with Crippen LogP contribution in [0.1, 0.15) is 16.8 Å². The molecule has 0 fully saturated rings. The van der Waals surface area contributed by atoms with Crippen molar-refractivity contribution in [2.75, 3.05) is 25.2 Å². The Hall–Kier alpha value is -3.10. The lowest BCUT2D eigenvalue weighted by Crippen LogP contribution is -2.36. The number of amides is 1. The van der Waals surface area contributed by atoms with Crippen LogP contribution in [0.3, 0.4) is 0 Å². The number of nitrogens with one attached hydrogen (secondary N) is 1. The second kappa shape index (κ2) is 6.34. The zero-order chi connectivity index (χ0) is 17.1. The van der Waals surface area contributed by atoms with Gasteiger partial charge in [-0.2, -0.15) is 0 Å². The predicted molar refractivity (Wildman–Crippen MR) is 82.1 cm³/mol. The van der Waals surface area contributed by atoms with E-state index < -0.39 is 22.8 Å². The van der Waals surface area contributed by atoms with E-state index >= 15 is 0 Å². The summed E-state index contributed by atoms with van der Waals surface area (Å²) >= 11 is 0. The van der Waals surface area contributed by atoms with Crippen molar-refractivity contribution in [3.05, 3.63) is 45.8 Å². The highest BCUT2D eigenvalue weighted by atomic mass is 16.6. The number of ether oxygens (including phenoxy) is 1. The van der Waals surface area contributed by atoms with Crippen molar-refractivity contribution < 1.29 is 19.2 Å². The fourth-order valence-electron chi connectivity index (χ4n) is 2.24. The summed E-state index contributed by atoms with van der Waals surface area (Å²) in [4.78, 5) is 35.6. The van der Waals surface area contributed by atoms with Gasteiger partial charge in [-0.15, -0.1) is 0 Å². The molecule has 1 aliphatic heterocycles. The normalized spacial score (nSPS) is 16.7. The summed E-state index contributed by atoms with van der Waals surface area (Å²) < 4.78 is 4.61. The minimum Gasteiger partial charge on any atom is -0.465 e. The van der Waals surface area contributed by atoms with Crippen LogP contribution in [0, 0.1) is 10.1 Å². The number of carbonyl (C=O) groups excluding carboxylic acids is 2. The first-order valence-corrected chi connectivity index (χ1v) is 6.69. The molecule has 0 aromatic heterocycles. The number of nitrogens with two attached hydrogens (primary N) is 1. The van der Waals surface area contributed by atoms with Crippen LogP contribution in [0.15, 0.2) is 30.1 Å². The number of rotatable bonds is 4. The van der Waals surface area contributed by atoms with Gasteiger partial charge in [0, 0.05) is 7.05 Å². The van der Waals surface area contributed by atoms with E-state index in [1.165, 1.54) is 36.4 Å². The standard InChI is InChI=1S/C14H16N4O5/c1-17-7-9(18(21)22)6-12(17)13(19)16-11-5-8(14(20)23-2)3-4-10(11)15/h3-5,7,12H,6,15H2,1-2H3,(H,16,19). The highest BCUT2D eigenvalue weighted by Crippen LogP contribution is 2.25. The molecule has 1 aromatic rings. The SMILES string of the molecule is COC(=O)c1ccc(N)c(NC(=O)C2CC([N+](=O)[O-])=CN2C)c1. The number of carbonyl (C=O) groups is 2. The van der Waals surface area contributed by atoms with Gasteiger partial charge in [-0.1, -0.05) is 0 Å². The first kappa shape index (κ1) is 16.3. The minimum absolute atomic E-state index is 0.00801. The maximum atomic E-state index is 12.3. The minimum atomic E-state index is -0.711. The van der Waals surface area contributed by atoms with Gasteiger partial charge in [0.1, 0.15) is 6.04 Å². The van der Waals surface area contributed by atoms with Gasteiger partial charge in [-0.25, -0.2) is 4.79 Å². The summed E-state index contributed by atoms with van der Waals surface area (Å²) in [7, 11) is 2.82. The lowest BCUT2D eigenvalue weighted by Gasteiger charge is -2.19. The summed E-state index contributed by atoms with van der Waals surface area (Å²) in [5.41, 5.74) is 6.51. The number of nitrogens with zero attached hydrogens (tertiary/aromatic N) is 2. The molecule has 0 bridgehead atoms. The van der Waals surface area contributed by atoms with Crippen molar-refractivity contribution in [3.63, 3.8) is 0 Å². The van der Waals surface area contributed by atoms with E-state index in [0.717, 1.165) is 0 Å². The van der Waals surface area contributed by atoms with E-state index in [2.05, 4.69) is 10.1 Å². The molecule has 9 heteroatoms. The predicted octanol–water partition coefficient (Wildman–Crippen LogP) is 0.816. The van der Waals surface area contributed by atoms with Crippen LogP contribution in [0.2, 0.25) is 0 Å². The van der Waals surface area contributed by atoms with Gasteiger partial charge in [-0.3, -0.25) is 14.9 Å². The first-order valence-electron chi connectivity index (χ1n) is 6.69. The molecular weight excluding hydrogens is 304 g/mol. The van der Waals surface area contributed by atoms with Gasteiger partial charge >= 0.3 is 5.97 Å².